The molecule has 4 nitrogen and oxygen atoms in total. The molecule has 0 radical (unpaired) electrons. The molecule has 2 heterocycles. The Labute approximate surface area is 104 Å². The number of hydrogen-bond acceptors (Lipinski definition) is 3. The predicted octanol–water partition coefficient (Wildman–Crippen LogP) is 1.46. The Morgan fingerprint density at radius 3 is 3.12 bits per heavy atom. The van der Waals surface area contributed by atoms with Crippen LogP contribution in [0.15, 0.2) is 12.3 Å². The quantitative estimate of drug-likeness (QED) is 0.861. The van der Waals surface area contributed by atoms with Crippen LogP contribution in [0.25, 0.3) is 0 Å². The van der Waals surface area contributed by atoms with Crippen molar-refractivity contribution in [2.45, 2.75) is 45.8 Å². The lowest BCUT2D eigenvalue weighted by Gasteiger charge is -2.34. The van der Waals surface area contributed by atoms with Gasteiger partial charge in [-0.3, -0.25) is 9.58 Å². The van der Waals surface area contributed by atoms with Gasteiger partial charge in [-0.05, 0) is 45.2 Å². The Morgan fingerprint density at radius 2 is 2.41 bits per heavy atom. The van der Waals surface area contributed by atoms with Crippen LogP contribution in [0.5, 0.6) is 0 Å². The summed E-state index contributed by atoms with van der Waals surface area (Å²) in [6.45, 7) is 8.55. The van der Waals surface area contributed by atoms with Gasteiger partial charge in [-0.2, -0.15) is 5.10 Å². The van der Waals surface area contributed by atoms with Crippen molar-refractivity contribution in [2.24, 2.45) is 11.7 Å². The smallest absolute Gasteiger partial charge is 0.0524 e. The molecule has 1 fully saturated rings. The third-order valence-corrected chi connectivity index (χ3v) is 3.78. The maximum atomic E-state index is 6.01. The van der Waals surface area contributed by atoms with E-state index in [0.717, 1.165) is 19.6 Å². The molecule has 0 spiro atoms. The van der Waals surface area contributed by atoms with E-state index in [1.807, 2.05) is 6.20 Å². The molecule has 2 N–H and O–H groups in total. The molecule has 1 aliphatic rings. The Bertz CT molecular complexity index is 345. The van der Waals surface area contributed by atoms with Gasteiger partial charge in [0.2, 0.25) is 0 Å². The van der Waals surface area contributed by atoms with E-state index in [4.69, 9.17) is 5.73 Å². The molecule has 0 saturated carbocycles. The maximum absolute atomic E-state index is 6.01. The van der Waals surface area contributed by atoms with Gasteiger partial charge in [-0.1, -0.05) is 0 Å². The molecule has 1 aromatic heterocycles. The average Bonchev–Trinajstić information content (AvgIpc) is 2.76. The number of hydrogen-bond donors (Lipinski definition) is 1. The van der Waals surface area contributed by atoms with Gasteiger partial charge in [0.1, 0.15) is 0 Å². The van der Waals surface area contributed by atoms with Gasteiger partial charge in [0.05, 0.1) is 5.69 Å². The van der Waals surface area contributed by atoms with E-state index in [0.29, 0.717) is 12.0 Å². The molecule has 17 heavy (non-hydrogen) atoms. The molecule has 2 atom stereocenters. The summed E-state index contributed by atoms with van der Waals surface area (Å²) in [4.78, 5) is 2.51. The fraction of sp³-hybridized carbons (Fsp3) is 0.769. The summed E-state index contributed by atoms with van der Waals surface area (Å²) < 4.78 is 2.08. The molecule has 0 aliphatic carbocycles. The number of piperidine rings is 1. The van der Waals surface area contributed by atoms with Crippen LogP contribution in [0.2, 0.25) is 0 Å². The zero-order chi connectivity index (χ0) is 12.3. The average molecular weight is 236 g/mol. The molecule has 1 aliphatic heterocycles. The predicted molar refractivity (Wildman–Crippen MR) is 69.6 cm³/mol. The number of aromatic nitrogens is 2. The fourth-order valence-electron chi connectivity index (χ4n) is 2.67. The van der Waals surface area contributed by atoms with Gasteiger partial charge < -0.3 is 5.73 Å². The summed E-state index contributed by atoms with van der Waals surface area (Å²) in [5, 5.41) is 4.32. The Morgan fingerprint density at radius 1 is 1.59 bits per heavy atom. The molecule has 1 aromatic rings. The van der Waals surface area contributed by atoms with Crippen molar-refractivity contribution in [2.75, 3.05) is 13.1 Å². The van der Waals surface area contributed by atoms with Crippen LogP contribution >= 0.6 is 0 Å². The Kier molecular flexibility index (Phi) is 4.18. The lowest BCUT2D eigenvalue weighted by molar-refractivity contribution is 0.151. The Hall–Kier alpha value is -0.870. The molecule has 0 bridgehead atoms. The zero-order valence-corrected chi connectivity index (χ0v) is 11.0. The minimum atomic E-state index is 0.314. The van der Waals surface area contributed by atoms with Crippen molar-refractivity contribution < 1.29 is 0 Å². The van der Waals surface area contributed by atoms with Crippen LogP contribution in [-0.2, 0) is 13.1 Å². The lowest BCUT2D eigenvalue weighted by Crippen LogP contribution is -2.42. The van der Waals surface area contributed by atoms with Gasteiger partial charge in [-0.15, -0.1) is 0 Å². The van der Waals surface area contributed by atoms with E-state index in [2.05, 4.69) is 34.6 Å². The van der Waals surface area contributed by atoms with E-state index in [1.165, 1.54) is 25.1 Å². The molecule has 4 heteroatoms. The molecule has 2 rings (SSSR count). The van der Waals surface area contributed by atoms with Crippen molar-refractivity contribution in [3.63, 3.8) is 0 Å². The number of nitrogens with zero attached hydrogens (tertiary/aromatic N) is 3. The van der Waals surface area contributed by atoms with Crippen LogP contribution in [0.1, 0.15) is 32.4 Å². The van der Waals surface area contributed by atoms with Gasteiger partial charge >= 0.3 is 0 Å². The second kappa shape index (κ2) is 5.65. The van der Waals surface area contributed by atoms with Crippen LogP contribution < -0.4 is 5.73 Å². The summed E-state index contributed by atoms with van der Waals surface area (Å²) in [6, 6.07) is 2.44. The standard InChI is InChI=1S/C13H24N4/c1-3-17-13(6-7-15-17)10-16-8-4-5-12(9-16)11(2)14/h6-7,11-12H,3-5,8-10,14H2,1-2H3. The van der Waals surface area contributed by atoms with Crippen molar-refractivity contribution in [1.82, 2.24) is 14.7 Å². The summed E-state index contributed by atoms with van der Waals surface area (Å²) in [6.07, 6.45) is 4.44. The molecule has 1 saturated heterocycles. The highest BCUT2D eigenvalue weighted by Gasteiger charge is 2.23. The maximum Gasteiger partial charge on any atom is 0.0524 e. The second-order valence-electron chi connectivity index (χ2n) is 5.13. The molecule has 2 unspecified atom stereocenters. The number of rotatable bonds is 4. The van der Waals surface area contributed by atoms with Crippen molar-refractivity contribution in [3.05, 3.63) is 18.0 Å². The van der Waals surface area contributed by atoms with Gasteiger partial charge in [0, 0.05) is 31.9 Å². The summed E-state index contributed by atoms with van der Waals surface area (Å²) in [7, 11) is 0. The zero-order valence-electron chi connectivity index (χ0n) is 11.0. The van der Waals surface area contributed by atoms with Crippen LogP contribution in [-0.4, -0.2) is 33.8 Å². The number of likely N-dealkylation sites (tertiary alicyclic amines) is 1. The summed E-state index contributed by atoms with van der Waals surface area (Å²) in [5.41, 5.74) is 7.33. The van der Waals surface area contributed by atoms with E-state index >= 15 is 0 Å². The van der Waals surface area contributed by atoms with Gasteiger partial charge in [0.25, 0.3) is 0 Å². The van der Waals surface area contributed by atoms with Crippen LogP contribution in [0.4, 0.5) is 0 Å². The first-order valence-corrected chi connectivity index (χ1v) is 6.69. The van der Waals surface area contributed by atoms with Crippen molar-refractivity contribution >= 4 is 0 Å². The third kappa shape index (κ3) is 3.07. The van der Waals surface area contributed by atoms with Gasteiger partial charge in [-0.25, -0.2) is 0 Å². The summed E-state index contributed by atoms with van der Waals surface area (Å²) >= 11 is 0. The third-order valence-electron chi connectivity index (χ3n) is 3.78. The van der Waals surface area contributed by atoms with Crippen molar-refractivity contribution in [1.29, 1.82) is 0 Å². The minimum Gasteiger partial charge on any atom is -0.328 e. The van der Waals surface area contributed by atoms with Crippen LogP contribution in [0.3, 0.4) is 0 Å². The van der Waals surface area contributed by atoms with E-state index < -0.39 is 0 Å². The highest BCUT2D eigenvalue weighted by molar-refractivity contribution is 5.00. The first kappa shape index (κ1) is 12.6. The first-order chi connectivity index (χ1) is 8.20. The SMILES string of the molecule is CCn1nccc1CN1CCCC(C(C)N)C1. The van der Waals surface area contributed by atoms with Crippen LogP contribution in [0, 0.1) is 5.92 Å². The molecule has 0 aromatic carbocycles. The second-order valence-corrected chi connectivity index (χ2v) is 5.13. The van der Waals surface area contributed by atoms with Crippen molar-refractivity contribution in [3.8, 4) is 0 Å². The topological polar surface area (TPSA) is 47.1 Å². The minimum absolute atomic E-state index is 0.314. The fourth-order valence-corrected chi connectivity index (χ4v) is 2.67. The van der Waals surface area contributed by atoms with E-state index in [1.54, 1.807) is 0 Å². The molecular formula is C13H24N4. The van der Waals surface area contributed by atoms with Gasteiger partial charge in [0.15, 0.2) is 0 Å². The lowest BCUT2D eigenvalue weighted by atomic mass is 9.92. The first-order valence-electron chi connectivity index (χ1n) is 6.69. The Balaban J connectivity index is 1.94. The molecule has 0 amide bonds. The van der Waals surface area contributed by atoms with E-state index in [9.17, 15) is 0 Å². The highest BCUT2D eigenvalue weighted by Crippen LogP contribution is 2.20. The summed E-state index contributed by atoms with van der Waals surface area (Å²) in [5.74, 6) is 0.654. The van der Waals surface area contributed by atoms with E-state index in [-0.39, 0.29) is 0 Å². The largest absolute Gasteiger partial charge is 0.328 e. The highest BCUT2D eigenvalue weighted by atomic mass is 15.3. The molecule has 96 valence electrons. The number of nitrogens with two attached hydrogens (primary N) is 1. The normalized spacial score (nSPS) is 23.8. The number of aryl methyl sites for hydroxylation is 1. The monoisotopic (exact) mass is 236 g/mol. The molecular weight excluding hydrogens is 212 g/mol.